The summed E-state index contributed by atoms with van der Waals surface area (Å²) in [7, 11) is -3.75. The first-order valence-electron chi connectivity index (χ1n) is 7.50. The van der Waals surface area contributed by atoms with E-state index >= 15 is 0 Å². The molecule has 1 amide bonds. The third-order valence-corrected chi connectivity index (χ3v) is 6.07. The van der Waals surface area contributed by atoms with Crippen LogP contribution in [0.2, 0.25) is 0 Å². The highest BCUT2D eigenvalue weighted by Gasteiger charge is 2.16. The first-order chi connectivity index (χ1) is 12.4. The number of carbonyl (C=O) groups excluding carboxylic acids is 1. The van der Waals surface area contributed by atoms with E-state index in [-0.39, 0.29) is 11.4 Å². The van der Waals surface area contributed by atoms with Gasteiger partial charge in [0.25, 0.3) is 0 Å². The molecule has 9 heteroatoms. The van der Waals surface area contributed by atoms with E-state index < -0.39 is 15.9 Å². The molecule has 2 N–H and O–H groups in total. The number of nitrogens with one attached hydrogen (secondary N) is 2. The topological polar surface area (TPSA) is 88.2 Å². The van der Waals surface area contributed by atoms with Gasteiger partial charge in [0.05, 0.1) is 17.1 Å². The van der Waals surface area contributed by atoms with Gasteiger partial charge in [-0.15, -0.1) is 11.3 Å². The Labute approximate surface area is 163 Å². The number of benzene rings is 2. The van der Waals surface area contributed by atoms with E-state index in [4.69, 9.17) is 0 Å². The maximum absolute atomic E-state index is 12.2. The molecule has 134 valence electrons. The van der Waals surface area contributed by atoms with Crippen LogP contribution in [0.4, 0.5) is 5.13 Å². The fourth-order valence-electron chi connectivity index (χ4n) is 2.09. The molecule has 0 saturated carbocycles. The summed E-state index contributed by atoms with van der Waals surface area (Å²) in [5.41, 5.74) is 1.70. The molecule has 0 aliphatic rings. The largest absolute Gasteiger partial charge is 0.301 e. The van der Waals surface area contributed by atoms with Gasteiger partial charge >= 0.3 is 0 Å². The average Bonchev–Trinajstić information content (AvgIpc) is 3.10. The van der Waals surface area contributed by atoms with E-state index in [9.17, 15) is 13.2 Å². The number of carbonyl (C=O) groups is 1. The number of hydrogen-bond donors (Lipinski definition) is 2. The fraction of sp³-hybridized carbons (Fsp3) is 0.0588. The summed E-state index contributed by atoms with van der Waals surface area (Å²) in [6.07, 6.45) is 0. The molecule has 6 nitrogen and oxygen atoms in total. The third kappa shape index (κ3) is 4.76. The zero-order valence-corrected chi connectivity index (χ0v) is 16.6. The number of sulfonamides is 1. The number of halogens is 1. The lowest BCUT2D eigenvalue weighted by Gasteiger charge is -2.06. The maximum Gasteiger partial charge on any atom is 0.241 e. The Morgan fingerprint density at radius 3 is 2.46 bits per heavy atom. The van der Waals surface area contributed by atoms with Crippen LogP contribution >= 0.6 is 27.3 Å². The van der Waals surface area contributed by atoms with Crippen LogP contribution in [0.3, 0.4) is 0 Å². The minimum Gasteiger partial charge on any atom is -0.301 e. The van der Waals surface area contributed by atoms with Crippen molar-refractivity contribution >= 4 is 48.3 Å². The monoisotopic (exact) mass is 451 g/mol. The van der Waals surface area contributed by atoms with Crippen molar-refractivity contribution in [3.05, 3.63) is 64.5 Å². The van der Waals surface area contributed by atoms with Gasteiger partial charge in [0, 0.05) is 15.4 Å². The molecule has 0 unspecified atom stereocenters. The summed E-state index contributed by atoms with van der Waals surface area (Å²) in [6, 6.07) is 15.7. The lowest BCUT2D eigenvalue weighted by atomic mass is 10.2. The second-order valence-corrected chi connectivity index (χ2v) is 8.77. The van der Waals surface area contributed by atoms with Crippen molar-refractivity contribution in [1.29, 1.82) is 0 Å². The van der Waals surface area contributed by atoms with E-state index in [1.165, 1.54) is 23.5 Å². The molecule has 0 aliphatic carbocycles. The Balaban J connectivity index is 1.59. The second-order valence-electron chi connectivity index (χ2n) is 5.23. The van der Waals surface area contributed by atoms with Crippen molar-refractivity contribution in [2.75, 3.05) is 11.9 Å². The van der Waals surface area contributed by atoms with Gasteiger partial charge in [0.2, 0.25) is 15.9 Å². The Hall–Kier alpha value is -2.07. The number of anilines is 1. The molecule has 3 rings (SSSR count). The number of amides is 1. The molecule has 2 aromatic carbocycles. The number of rotatable bonds is 6. The van der Waals surface area contributed by atoms with Crippen LogP contribution in [0, 0.1) is 0 Å². The van der Waals surface area contributed by atoms with E-state index in [1.54, 1.807) is 12.1 Å². The highest BCUT2D eigenvalue weighted by atomic mass is 79.9. The average molecular weight is 452 g/mol. The van der Waals surface area contributed by atoms with Gasteiger partial charge in [0.15, 0.2) is 5.13 Å². The minimum atomic E-state index is -3.75. The summed E-state index contributed by atoms with van der Waals surface area (Å²) in [5, 5.41) is 4.84. The molecule has 3 aromatic rings. The van der Waals surface area contributed by atoms with Gasteiger partial charge in [-0.3, -0.25) is 4.79 Å². The molecule has 0 atom stereocenters. The maximum atomic E-state index is 12.2. The highest BCUT2D eigenvalue weighted by Crippen LogP contribution is 2.24. The predicted molar refractivity (Wildman–Crippen MR) is 106 cm³/mol. The lowest BCUT2D eigenvalue weighted by Crippen LogP contribution is -2.32. The van der Waals surface area contributed by atoms with Crippen LogP contribution in [-0.4, -0.2) is 25.9 Å². The highest BCUT2D eigenvalue weighted by molar-refractivity contribution is 9.10. The number of thiazole rings is 1. The number of aromatic nitrogens is 1. The number of nitrogens with zero attached hydrogens (tertiary/aromatic N) is 1. The molecule has 1 aromatic heterocycles. The number of hydrogen-bond acceptors (Lipinski definition) is 5. The van der Waals surface area contributed by atoms with Crippen molar-refractivity contribution in [3.63, 3.8) is 0 Å². The smallest absolute Gasteiger partial charge is 0.241 e. The molecule has 1 heterocycles. The van der Waals surface area contributed by atoms with Crippen molar-refractivity contribution in [2.24, 2.45) is 0 Å². The van der Waals surface area contributed by atoms with E-state index in [0.29, 0.717) is 5.13 Å². The molecular weight excluding hydrogens is 438 g/mol. The molecule has 0 spiro atoms. The zero-order valence-electron chi connectivity index (χ0n) is 13.3. The van der Waals surface area contributed by atoms with Crippen LogP contribution in [0.5, 0.6) is 0 Å². The van der Waals surface area contributed by atoms with Crippen LogP contribution in [-0.2, 0) is 14.8 Å². The minimum absolute atomic E-state index is 0.0918. The van der Waals surface area contributed by atoms with Gasteiger partial charge < -0.3 is 5.32 Å². The third-order valence-electron chi connectivity index (χ3n) is 3.37. The molecule has 0 aliphatic heterocycles. The van der Waals surface area contributed by atoms with Crippen molar-refractivity contribution in [2.45, 2.75) is 4.90 Å². The lowest BCUT2D eigenvalue weighted by molar-refractivity contribution is -0.115. The standard InChI is InChI=1S/C17H14BrN3O3S2/c18-13-6-8-14(9-7-13)26(23,24)19-10-16(22)21-17-20-15(11-25-17)12-4-2-1-3-5-12/h1-9,11,19H,10H2,(H,20,21,22). The summed E-state index contributed by atoms with van der Waals surface area (Å²) < 4.78 is 27.4. The van der Waals surface area contributed by atoms with Gasteiger partial charge in [-0.1, -0.05) is 46.3 Å². The van der Waals surface area contributed by atoms with Crippen LogP contribution < -0.4 is 10.0 Å². The summed E-state index contributed by atoms with van der Waals surface area (Å²) >= 11 is 4.52. The first kappa shape index (κ1) is 18.7. The Kier molecular flexibility index (Phi) is 5.82. The Morgan fingerprint density at radius 1 is 1.08 bits per heavy atom. The Bertz CT molecular complexity index is 1000. The zero-order chi connectivity index (χ0) is 18.6. The van der Waals surface area contributed by atoms with Crippen molar-refractivity contribution in [1.82, 2.24) is 9.71 Å². The van der Waals surface area contributed by atoms with Crippen molar-refractivity contribution in [3.8, 4) is 11.3 Å². The summed E-state index contributed by atoms with van der Waals surface area (Å²) in [5.74, 6) is -0.486. The fourth-order valence-corrected chi connectivity index (χ4v) is 4.08. The molecule has 0 saturated heterocycles. The van der Waals surface area contributed by atoms with E-state index in [1.807, 2.05) is 35.7 Å². The predicted octanol–water partition coefficient (Wildman–Crippen LogP) is 3.49. The molecule has 0 fully saturated rings. The van der Waals surface area contributed by atoms with E-state index in [0.717, 1.165) is 15.7 Å². The second kappa shape index (κ2) is 8.09. The van der Waals surface area contributed by atoms with Crippen LogP contribution in [0.1, 0.15) is 0 Å². The summed E-state index contributed by atoms with van der Waals surface area (Å²) in [6.45, 7) is -0.376. The van der Waals surface area contributed by atoms with Gasteiger partial charge in [-0.25, -0.2) is 18.1 Å². The van der Waals surface area contributed by atoms with Gasteiger partial charge in [-0.2, -0.15) is 0 Å². The molecule has 26 heavy (non-hydrogen) atoms. The van der Waals surface area contributed by atoms with Gasteiger partial charge in [0.1, 0.15) is 0 Å². The van der Waals surface area contributed by atoms with E-state index in [2.05, 4.69) is 31.0 Å². The molecular formula is C17H14BrN3O3S2. The summed E-state index contributed by atoms with van der Waals surface area (Å²) in [4.78, 5) is 16.4. The van der Waals surface area contributed by atoms with Crippen LogP contribution in [0.25, 0.3) is 11.3 Å². The quantitative estimate of drug-likeness (QED) is 0.600. The van der Waals surface area contributed by atoms with Gasteiger partial charge in [-0.05, 0) is 24.3 Å². The SMILES string of the molecule is O=C(CNS(=O)(=O)c1ccc(Br)cc1)Nc1nc(-c2ccccc2)cs1. The Morgan fingerprint density at radius 2 is 1.77 bits per heavy atom. The molecule has 0 bridgehead atoms. The normalized spacial score (nSPS) is 11.3. The van der Waals surface area contributed by atoms with Crippen LogP contribution in [0.15, 0.2) is 69.3 Å². The first-order valence-corrected chi connectivity index (χ1v) is 10.7. The molecule has 0 radical (unpaired) electrons. The van der Waals surface area contributed by atoms with Crippen molar-refractivity contribution < 1.29 is 13.2 Å².